The minimum Gasteiger partial charge on any atom is -0.318 e. The largest absolute Gasteiger partial charge is 0.318 e. The fraction of sp³-hybridized carbons (Fsp3) is 0.310. The van der Waals surface area contributed by atoms with Gasteiger partial charge in [0.1, 0.15) is 17.2 Å². The molecule has 2 fully saturated rings. The van der Waals surface area contributed by atoms with Crippen molar-refractivity contribution in [3.05, 3.63) is 82.3 Å². The molecule has 9 nitrogen and oxygen atoms in total. The quantitative estimate of drug-likeness (QED) is 0.251. The van der Waals surface area contributed by atoms with E-state index < -0.39 is 41.1 Å². The van der Waals surface area contributed by atoms with Crippen LogP contribution in [-0.4, -0.2) is 43.1 Å². The highest BCUT2D eigenvalue weighted by molar-refractivity contribution is 6.31. The van der Waals surface area contributed by atoms with E-state index in [-0.39, 0.29) is 45.3 Å². The van der Waals surface area contributed by atoms with Gasteiger partial charge in [-0.05, 0) is 38.7 Å². The summed E-state index contributed by atoms with van der Waals surface area (Å²) in [7, 11) is 0. The molecule has 4 aromatic rings. The number of amides is 2. The zero-order chi connectivity index (χ0) is 30.6. The maximum absolute atomic E-state index is 15.2. The van der Waals surface area contributed by atoms with Crippen molar-refractivity contribution in [3.8, 4) is 11.3 Å². The third-order valence-electron chi connectivity index (χ3n) is 8.03. The van der Waals surface area contributed by atoms with E-state index in [1.165, 1.54) is 36.3 Å². The molecule has 1 saturated heterocycles. The average Bonchev–Trinajstić information content (AvgIpc) is 3.50. The van der Waals surface area contributed by atoms with Crippen LogP contribution in [-0.2, 0) is 4.79 Å². The van der Waals surface area contributed by atoms with Gasteiger partial charge in [-0.3, -0.25) is 24.2 Å². The zero-order valence-electron chi connectivity index (χ0n) is 22.9. The van der Waals surface area contributed by atoms with Crippen molar-refractivity contribution in [2.45, 2.75) is 39.2 Å². The number of carbonyl (C=O) groups is 2. The lowest BCUT2D eigenvalue weighted by Crippen LogP contribution is -2.28. The Kier molecular flexibility index (Phi) is 7.36. The first-order chi connectivity index (χ1) is 20.5. The number of carbonyl (C=O) groups excluding carboxylic acids is 2. The minimum absolute atomic E-state index is 0.00309. The van der Waals surface area contributed by atoms with Crippen molar-refractivity contribution in [1.82, 2.24) is 24.7 Å². The van der Waals surface area contributed by atoms with Gasteiger partial charge >= 0.3 is 0 Å². The van der Waals surface area contributed by atoms with Crippen LogP contribution < -0.4 is 10.2 Å². The second-order valence-electron chi connectivity index (χ2n) is 10.6. The van der Waals surface area contributed by atoms with E-state index >= 15 is 4.39 Å². The number of pyridine rings is 1. The first kappa shape index (κ1) is 28.7. The molecule has 2 amide bonds. The van der Waals surface area contributed by atoms with Crippen LogP contribution in [0.5, 0.6) is 0 Å². The molecule has 3 aromatic heterocycles. The summed E-state index contributed by atoms with van der Waals surface area (Å²) in [5.41, 5.74) is -0.817. The lowest BCUT2D eigenvalue weighted by molar-refractivity contribution is -0.123. The summed E-state index contributed by atoms with van der Waals surface area (Å²) in [5.74, 6) is -2.12. The van der Waals surface area contributed by atoms with Crippen LogP contribution >= 0.6 is 11.6 Å². The standard InChI is InChI=1S/C29H24ClF4N7O2/c1-13-25(39-22(10-35-13)23-19(27(33)34)5-6-20(30)24(23)32)28(42)38-16-8-37-41(12-16)14(2)26-21(31)7-17(9-36-26)40-11-15-3-4-18(15)29(40)43/h5-10,12,14-15,18,27H,3-4,11H2,1-2H3,(H,38,42)/t14?,15-,18-/m1/s1. The Bertz CT molecular complexity index is 1760. The van der Waals surface area contributed by atoms with Crippen LogP contribution in [0, 0.1) is 30.4 Å². The summed E-state index contributed by atoms with van der Waals surface area (Å²) in [5, 5.41) is 6.42. The van der Waals surface area contributed by atoms with E-state index in [1.807, 2.05) is 0 Å². The number of benzene rings is 1. The molecule has 0 radical (unpaired) electrons. The molecule has 1 aromatic carbocycles. The maximum Gasteiger partial charge on any atom is 0.276 e. The van der Waals surface area contributed by atoms with E-state index in [9.17, 15) is 22.8 Å². The van der Waals surface area contributed by atoms with Gasteiger partial charge in [-0.1, -0.05) is 17.7 Å². The molecule has 4 heterocycles. The van der Waals surface area contributed by atoms with E-state index in [1.54, 1.807) is 11.8 Å². The molecule has 6 rings (SSSR count). The second kappa shape index (κ2) is 11.0. The molecule has 43 heavy (non-hydrogen) atoms. The number of halogens is 5. The van der Waals surface area contributed by atoms with E-state index in [4.69, 9.17) is 11.6 Å². The third kappa shape index (κ3) is 5.11. The molecule has 1 aliphatic carbocycles. The number of nitrogens with zero attached hydrogens (tertiary/aromatic N) is 6. The van der Waals surface area contributed by atoms with Crippen molar-refractivity contribution in [2.75, 3.05) is 16.8 Å². The summed E-state index contributed by atoms with van der Waals surface area (Å²) in [4.78, 5) is 39.7. The second-order valence-corrected chi connectivity index (χ2v) is 11.0. The number of alkyl halides is 2. The Labute approximate surface area is 247 Å². The predicted octanol–water partition coefficient (Wildman–Crippen LogP) is 6.15. The van der Waals surface area contributed by atoms with Crippen molar-refractivity contribution in [3.63, 3.8) is 0 Å². The highest BCUT2D eigenvalue weighted by Gasteiger charge is 2.46. The van der Waals surface area contributed by atoms with E-state index in [2.05, 4.69) is 25.4 Å². The van der Waals surface area contributed by atoms with Gasteiger partial charge in [0.2, 0.25) is 5.91 Å². The fourth-order valence-corrected chi connectivity index (χ4v) is 5.64. The van der Waals surface area contributed by atoms with Crippen LogP contribution in [0.4, 0.5) is 28.9 Å². The molecule has 0 spiro atoms. The van der Waals surface area contributed by atoms with Gasteiger partial charge in [-0.2, -0.15) is 5.10 Å². The molecule has 1 aliphatic heterocycles. The van der Waals surface area contributed by atoms with Crippen LogP contribution in [0.3, 0.4) is 0 Å². The Balaban J connectivity index is 1.20. The van der Waals surface area contributed by atoms with Gasteiger partial charge in [-0.15, -0.1) is 0 Å². The highest BCUT2D eigenvalue weighted by Crippen LogP contribution is 2.43. The van der Waals surface area contributed by atoms with Crippen molar-refractivity contribution >= 4 is 34.8 Å². The Morgan fingerprint density at radius 3 is 2.58 bits per heavy atom. The molecule has 0 bridgehead atoms. The number of rotatable bonds is 7. The summed E-state index contributed by atoms with van der Waals surface area (Å²) in [6.07, 6.45) is 4.18. The normalized spacial score (nSPS) is 18.5. The highest BCUT2D eigenvalue weighted by atomic mass is 35.5. The molecule has 3 atom stereocenters. The summed E-state index contributed by atoms with van der Waals surface area (Å²) < 4.78 is 58.6. The van der Waals surface area contributed by atoms with Gasteiger partial charge in [-0.25, -0.2) is 22.5 Å². The number of hydrogen-bond acceptors (Lipinski definition) is 6. The lowest BCUT2D eigenvalue weighted by atomic mass is 9.76. The maximum atomic E-state index is 15.2. The molecule has 1 saturated carbocycles. The number of aromatic nitrogens is 5. The van der Waals surface area contributed by atoms with E-state index in [0.717, 1.165) is 31.2 Å². The van der Waals surface area contributed by atoms with Crippen LogP contribution in [0.15, 0.2) is 43.0 Å². The van der Waals surface area contributed by atoms with Crippen LogP contribution in [0.25, 0.3) is 11.3 Å². The summed E-state index contributed by atoms with van der Waals surface area (Å²) in [6, 6.07) is 2.63. The predicted molar refractivity (Wildman–Crippen MR) is 149 cm³/mol. The minimum atomic E-state index is -3.02. The van der Waals surface area contributed by atoms with E-state index in [0.29, 0.717) is 18.2 Å². The molecule has 1 unspecified atom stereocenters. The van der Waals surface area contributed by atoms with Gasteiger partial charge in [0, 0.05) is 35.9 Å². The van der Waals surface area contributed by atoms with Gasteiger partial charge in [0.05, 0.1) is 52.4 Å². The number of hydrogen-bond donors (Lipinski definition) is 1. The first-order valence-electron chi connectivity index (χ1n) is 13.5. The van der Waals surface area contributed by atoms with Gasteiger partial charge in [0.25, 0.3) is 12.3 Å². The average molecular weight is 614 g/mol. The fourth-order valence-electron chi connectivity index (χ4n) is 5.49. The first-order valence-corrected chi connectivity index (χ1v) is 13.8. The molecule has 222 valence electrons. The lowest BCUT2D eigenvalue weighted by Gasteiger charge is -2.25. The topological polar surface area (TPSA) is 106 Å². The Hall–Kier alpha value is -4.39. The SMILES string of the molecule is Cc1ncc(-c2c(C(F)F)ccc(Cl)c2F)nc1C(=O)Nc1cnn(C(C)c2ncc(N3C[C@H]4CC[C@H]4C3=O)cc2F)c1. The van der Waals surface area contributed by atoms with Crippen molar-refractivity contribution < 1.29 is 27.2 Å². The smallest absolute Gasteiger partial charge is 0.276 e. The van der Waals surface area contributed by atoms with Crippen LogP contribution in [0.1, 0.15) is 59.7 Å². The van der Waals surface area contributed by atoms with Gasteiger partial charge < -0.3 is 10.2 Å². The van der Waals surface area contributed by atoms with Gasteiger partial charge in [0.15, 0.2) is 5.82 Å². The Morgan fingerprint density at radius 2 is 1.93 bits per heavy atom. The Morgan fingerprint density at radius 1 is 1.14 bits per heavy atom. The third-order valence-corrected chi connectivity index (χ3v) is 8.32. The number of anilines is 2. The molecule has 14 heteroatoms. The zero-order valence-corrected chi connectivity index (χ0v) is 23.6. The number of fused-ring (bicyclic) bond motifs is 1. The van der Waals surface area contributed by atoms with Crippen LogP contribution in [0.2, 0.25) is 5.02 Å². The molecular formula is C29H24ClF4N7O2. The molecule has 1 N–H and O–H groups in total. The van der Waals surface area contributed by atoms with Crippen molar-refractivity contribution in [1.29, 1.82) is 0 Å². The number of nitrogens with one attached hydrogen (secondary N) is 1. The number of aryl methyl sites for hydroxylation is 1. The monoisotopic (exact) mass is 613 g/mol. The summed E-state index contributed by atoms with van der Waals surface area (Å²) in [6.45, 7) is 3.72. The van der Waals surface area contributed by atoms with Crippen molar-refractivity contribution in [2.24, 2.45) is 11.8 Å². The molecular weight excluding hydrogens is 590 g/mol. The summed E-state index contributed by atoms with van der Waals surface area (Å²) >= 11 is 5.82. The molecule has 2 aliphatic rings.